The van der Waals surface area contributed by atoms with Crippen LogP contribution < -0.4 is 10.2 Å². The Kier molecular flexibility index (Phi) is 8.58. The van der Waals surface area contributed by atoms with Gasteiger partial charge < -0.3 is 10.2 Å². The van der Waals surface area contributed by atoms with Gasteiger partial charge in [-0.15, -0.1) is 12.4 Å². The standard InChI is InChI=1S/C23H33N3O.ClH/c1-18(2)5-4-6-19(3)11-12-25-13-15-26(16-14-25)21-8-9-22-20(17-21)7-10-23(27)24-22;/h5,8-9,11,17H,4,6-7,10,12-16H2,1-3H3,(H,24,27);1H/b19-11+;. The molecule has 1 N–H and O–H groups in total. The molecule has 2 aliphatic heterocycles. The van der Waals surface area contributed by atoms with Gasteiger partial charge in [0.15, 0.2) is 0 Å². The van der Waals surface area contributed by atoms with E-state index in [0.29, 0.717) is 6.42 Å². The minimum atomic E-state index is 0. The summed E-state index contributed by atoms with van der Waals surface area (Å²) in [5, 5.41) is 2.97. The summed E-state index contributed by atoms with van der Waals surface area (Å²) in [6, 6.07) is 6.47. The number of nitrogens with one attached hydrogen (secondary N) is 1. The van der Waals surface area contributed by atoms with Crippen LogP contribution in [0.4, 0.5) is 11.4 Å². The summed E-state index contributed by atoms with van der Waals surface area (Å²) in [4.78, 5) is 16.5. The lowest BCUT2D eigenvalue weighted by atomic mass is 10.0. The first-order valence-corrected chi connectivity index (χ1v) is 10.2. The van der Waals surface area contributed by atoms with Gasteiger partial charge in [-0.3, -0.25) is 9.69 Å². The van der Waals surface area contributed by atoms with Crippen molar-refractivity contribution >= 4 is 29.7 Å². The van der Waals surface area contributed by atoms with Gasteiger partial charge in [-0.25, -0.2) is 0 Å². The summed E-state index contributed by atoms with van der Waals surface area (Å²) < 4.78 is 0. The Bertz CT molecular complexity index is 729. The van der Waals surface area contributed by atoms with Crippen LogP contribution in [0.3, 0.4) is 0 Å². The predicted molar refractivity (Wildman–Crippen MR) is 122 cm³/mol. The van der Waals surface area contributed by atoms with Crippen LogP contribution in [0.2, 0.25) is 0 Å². The van der Waals surface area contributed by atoms with Crippen LogP contribution in [-0.2, 0) is 11.2 Å². The molecular weight excluding hydrogens is 370 g/mol. The third-order valence-corrected chi connectivity index (χ3v) is 5.51. The molecule has 28 heavy (non-hydrogen) atoms. The number of hydrogen-bond donors (Lipinski definition) is 1. The van der Waals surface area contributed by atoms with E-state index >= 15 is 0 Å². The van der Waals surface area contributed by atoms with Crippen LogP contribution >= 0.6 is 12.4 Å². The van der Waals surface area contributed by atoms with Crippen LogP contribution in [0.25, 0.3) is 0 Å². The van der Waals surface area contributed by atoms with Crippen LogP contribution in [0.15, 0.2) is 41.5 Å². The van der Waals surface area contributed by atoms with Crippen LogP contribution in [-0.4, -0.2) is 43.5 Å². The molecule has 154 valence electrons. The molecule has 1 aromatic rings. The minimum Gasteiger partial charge on any atom is -0.369 e. The summed E-state index contributed by atoms with van der Waals surface area (Å²) in [6.45, 7) is 12.0. The molecule has 0 aliphatic carbocycles. The molecule has 5 heteroatoms. The van der Waals surface area contributed by atoms with E-state index in [4.69, 9.17) is 0 Å². The van der Waals surface area contributed by atoms with Gasteiger partial charge in [-0.1, -0.05) is 23.3 Å². The Morgan fingerprint density at radius 1 is 1.07 bits per heavy atom. The largest absolute Gasteiger partial charge is 0.369 e. The number of aryl methyl sites for hydroxylation is 1. The number of piperazine rings is 1. The van der Waals surface area contributed by atoms with Crippen molar-refractivity contribution < 1.29 is 4.79 Å². The zero-order valence-corrected chi connectivity index (χ0v) is 18.3. The van der Waals surface area contributed by atoms with E-state index in [1.165, 1.54) is 22.4 Å². The lowest BCUT2D eigenvalue weighted by Gasteiger charge is -2.36. The van der Waals surface area contributed by atoms with Crippen molar-refractivity contribution in [1.29, 1.82) is 0 Å². The monoisotopic (exact) mass is 403 g/mol. The number of benzene rings is 1. The molecule has 0 bridgehead atoms. The number of rotatable bonds is 6. The number of carbonyl (C=O) groups is 1. The first-order chi connectivity index (χ1) is 13.0. The van der Waals surface area contributed by atoms with E-state index in [-0.39, 0.29) is 18.3 Å². The Balaban J connectivity index is 0.00000280. The fraction of sp³-hybridized carbons (Fsp3) is 0.522. The van der Waals surface area contributed by atoms with Gasteiger partial charge in [-0.2, -0.15) is 0 Å². The highest BCUT2D eigenvalue weighted by molar-refractivity contribution is 5.94. The van der Waals surface area contributed by atoms with Gasteiger partial charge in [0, 0.05) is 50.5 Å². The molecule has 0 spiro atoms. The summed E-state index contributed by atoms with van der Waals surface area (Å²) in [5.74, 6) is 0.132. The summed E-state index contributed by atoms with van der Waals surface area (Å²) in [7, 11) is 0. The average molecular weight is 404 g/mol. The Hall–Kier alpha value is -1.78. The van der Waals surface area contributed by atoms with E-state index in [9.17, 15) is 4.79 Å². The average Bonchev–Trinajstić information content (AvgIpc) is 2.66. The van der Waals surface area contributed by atoms with Gasteiger partial charge in [-0.05, 0) is 63.8 Å². The number of hydrogen-bond acceptors (Lipinski definition) is 3. The quantitative estimate of drug-likeness (QED) is 0.692. The molecule has 0 radical (unpaired) electrons. The van der Waals surface area contributed by atoms with E-state index in [2.05, 4.69) is 66.2 Å². The smallest absolute Gasteiger partial charge is 0.224 e. The molecule has 1 saturated heterocycles. The van der Waals surface area contributed by atoms with Gasteiger partial charge in [0.25, 0.3) is 0 Å². The van der Waals surface area contributed by atoms with E-state index < -0.39 is 0 Å². The SMILES string of the molecule is CC(C)=CCC/C(C)=C/CN1CCN(c2ccc3c(c2)CCC(=O)N3)CC1.Cl. The molecule has 1 aromatic carbocycles. The summed E-state index contributed by atoms with van der Waals surface area (Å²) >= 11 is 0. The normalized spacial score (nSPS) is 17.5. The molecule has 0 atom stereocenters. The third kappa shape index (κ3) is 6.39. The number of halogens is 1. The van der Waals surface area contributed by atoms with Gasteiger partial charge in [0.05, 0.1) is 0 Å². The second kappa shape index (κ2) is 10.7. The molecule has 2 aliphatic rings. The van der Waals surface area contributed by atoms with Gasteiger partial charge in [0.2, 0.25) is 5.91 Å². The summed E-state index contributed by atoms with van der Waals surface area (Å²) in [6.07, 6.45) is 8.49. The molecule has 0 saturated carbocycles. The van der Waals surface area contributed by atoms with Gasteiger partial charge in [0.1, 0.15) is 0 Å². The van der Waals surface area contributed by atoms with Crippen LogP contribution in [0.5, 0.6) is 0 Å². The fourth-order valence-electron chi connectivity index (χ4n) is 3.73. The molecule has 4 nitrogen and oxygen atoms in total. The molecule has 1 amide bonds. The van der Waals surface area contributed by atoms with Crippen LogP contribution in [0.1, 0.15) is 45.6 Å². The van der Waals surface area contributed by atoms with Crippen molar-refractivity contribution in [1.82, 2.24) is 4.90 Å². The van der Waals surface area contributed by atoms with E-state index in [1.807, 2.05) is 0 Å². The maximum Gasteiger partial charge on any atom is 0.224 e. The second-order valence-corrected chi connectivity index (χ2v) is 8.05. The van der Waals surface area contributed by atoms with Crippen molar-refractivity contribution in [3.05, 3.63) is 47.1 Å². The summed E-state index contributed by atoms with van der Waals surface area (Å²) in [5.41, 5.74) is 6.44. The van der Waals surface area contributed by atoms with Crippen molar-refractivity contribution in [3.63, 3.8) is 0 Å². The zero-order valence-electron chi connectivity index (χ0n) is 17.5. The molecular formula is C23H34ClN3O. The number of anilines is 2. The number of fused-ring (bicyclic) bond motifs is 1. The number of carbonyl (C=O) groups excluding carboxylic acids is 1. The first-order valence-electron chi connectivity index (χ1n) is 10.2. The number of allylic oxidation sites excluding steroid dienone is 3. The number of nitrogens with zero attached hydrogens (tertiary/aromatic N) is 2. The van der Waals surface area contributed by atoms with E-state index in [0.717, 1.165) is 57.7 Å². The second-order valence-electron chi connectivity index (χ2n) is 8.05. The first kappa shape index (κ1) is 22.5. The highest BCUT2D eigenvalue weighted by Gasteiger charge is 2.19. The van der Waals surface area contributed by atoms with E-state index in [1.54, 1.807) is 0 Å². The van der Waals surface area contributed by atoms with Gasteiger partial charge >= 0.3 is 0 Å². The lowest BCUT2D eigenvalue weighted by molar-refractivity contribution is -0.116. The predicted octanol–water partition coefficient (Wildman–Crippen LogP) is 4.81. The zero-order chi connectivity index (χ0) is 19.2. The molecule has 2 heterocycles. The molecule has 0 aromatic heterocycles. The van der Waals surface area contributed by atoms with Crippen molar-refractivity contribution in [3.8, 4) is 0 Å². The third-order valence-electron chi connectivity index (χ3n) is 5.51. The fourth-order valence-corrected chi connectivity index (χ4v) is 3.73. The maximum absolute atomic E-state index is 11.5. The lowest BCUT2D eigenvalue weighted by Crippen LogP contribution is -2.46. The minimum absolute atomic E-state index is 0. The Morgan fingerprint density at radius 2 is 1.82 bits per heavy atom. The Labute approximate surface area is 176 Å². The Morgan fingerprint density at radius 3 is 2.54 bits per heavy atom. The van der Waals surface area contributed by atoms with Crippen molar-refractivity contribution in [2.24, 2.45) is 0 Å². The van der Waals surface area contributed by atoms with Crippen LogP contribution in [0, 0.1) is 0 Å². The molecule has 3 rings (SSSR count). The van der Waals surface area contributed by atoms with Crippen molar-refractivity contribution in [2.45, 2.75) is 46.5 Å². The maximum atomic E-state index is 11.5. The highest BCUT2D eigenvalue weighted by Crippen LogP contribution is 2.28. The molecule has 0 unspecified atom stereocenters. The number of amides is 1. The highest BCUT2D eigenvalue weighted by atomic mass is 35.5. The topological polar surface area (TPSA) is 35.6 Å². The van der Waals surface area contributed by atoms with Crippen molar-refractivity contribution in [2.75, 3.05) is 42.9 Å². The molecule has 1 fully saturated rings.